The first-order chi connectivity index (χ1) is 7.50. The van der Waals surface area contributed by atoms with Crippen LogP contribution < -0.4 is 0 Å². The van der Waals surface area contributed by atoms with Gasteiger partial charge in [-0.2, -0.15) is 13.9 Å². The number of aromatic nitrogens is 2. The highest BCUT2D eigenvalue weighted by atomic mass is 35.5. The lowest BCUT2D eigenvalue weighted by Gasteiger charge is -2.01. The number of alkyl halides is 2. The molecule has 0 aliphatic rings. The van der Waals surface area contributed by atoms with Gasteiger partial charge in [0.15, 0.2) is 5.15 Å². The smallest absolute Gasteiger partial charge is 0.335 e. The third-order valence-electron chi connectivity index (χ3n) is 2.09. The van der Waals surface area contributed by atoms with E-state index in [1.165, 1.54) is 12.1 Å². The summed E-state index contributed by atoms with van der Waals surface area (Å²) in [5.41, 5.74) is -0.0918. The molecule has 7 heteroatoms. The normalized spacial score (nSPS) is 11.2. The fourth-order valence-corrected chi connectivity index (χ4v) is 1.62. The van der Waals surface area contributed by atoms with Crippen molar-refractivity contribution in [3.8, 4) is 0 Å². The zero-order valence-electron chi connectivity index (χ0n) is 7.69. The van der Waals surface area contributed by atoms with E-state index >= 15 is 0 Å². The molecule has 0 aliphatic heterocycles. The molecule has 0 aliphatic carbocycles. The van der Waals surface area contributed by atoms with Crippen LogP contribution in [0.2, 0.25) is 5.15 Å². The molecule has 2 aromatic rings. The Hall–Kier alpha value is -1.69. The van der Waals surface area contributed by atoms with Crippen LogP contribution in [0.15, 0.2) is 18.2 Å². The molecule has 1 N–H and O–H groups in total. The van der Waals surface area contributed by atoms with E-state index in [0.29, 0.717) is 10.1 Å². The maximum atomic E-state index is 12.5. The molecule has 1 aromatic carbocycles. The topological polar surface area (TPSA) is 55.1 Å². The van der Waals surface area contributed by atoms with Gasteiger partial charge in [-0.05, 0) is 18.2 Å². The van der Waals surface area contributed by atoms with Crippen molar-refractivity contribution in [2.75, 3.05) is 0 Å². The van der Waals surface area contributed by atoms with Crippen LogP contribution >= 0.6 is 11.6 Å². The molecule has 4 nitrogen and oxygen atoms in total. The van der Waals surface area contributed by atoms with Crippen molar-refractivity contribution >= 4 is 28.5 Å². The van der Waals surface area contributed by atoms with Gasteiger partial charge in [0.05, 0.1) is 11.1 Å². The highest BCUT2D eigenvalue weighted by Gasteiger charge is 2.16. The van der Waals surface area contributed by atoms with Crippen LogP contribution in [0.4, 0.5) is 8.78 Å². The molecule has 0 atom stereocenters. The molecule has 1 heterocycles. The molecule has 84 valence electrons. The number of halogens is 3. The number of carboxylic acid groups (broad SMARTS) is 1. The van der Waals surface area contributed by atoms with Gasteiger partial charge in [-0.15, -0.1) is 0 Å². The quantitative estimate of drug-likeness (QED) is 0.886. The van der Waals surface area contributed by atoms with Crippen molar-refractivity contribution in [2.24, 2.45) is 0 Å². The minimum absolute atomic E-state index is 0.0000926. The third kappa shape index (κ3) is 1.61. The second kappa shape index (κ2) is 3.71. The third-order valence-corrected chi connectivity index (χ3v) is 2.37. The monoisotopic (exact) mass is 246 g/mol. The van der Waals surface area contributed by atoms with Gasteiger partial charge >= 0.3 is 12.5 Å². The van der Waals surface area contributed by atoms with E-state index in [1.807, 2.05) is 0 Å². The Labute approximate surface area is 93.0 Å². The van der Waals surface area contributed by atoms with Gasteiger partial charge in [-0.1, -0.05) is 11.6 Å². The maximum Gasteiger partial charge on any atom is 0.335 e. The molecule has 0 unspecified atom stereocenters. The van der Waals surface area contributed by atoms with Crippen LogP contribution in [0, 0.1) is 0 Å². The molecule has 0 fully saturated rings. The van der Waals surface area contributed by atoms with Crippen LogP contribution in [0.5, 0.6) is 0 Å². The summed E-state index contributed by atoms with van der Waals surface area (Å²) in [6.45, 7) is -2.86. The summed E-state index contributed by atoms with van der Waals surface area (Å²) in [6, 6.07) is 3.75. The molecule has 0 amide bonds. The number of hydrogen-bond donors (Lipinski definition) is 1. The van der Waals surface area contributed by atoms with Crippen molar-refractivity contribution < 1.29 is 18.7 Å². The van der Waals surface area contributed by atoms with Crippen molar-refractivity contribution in [1.29, 1.82) is 0 Å². The molecular formula is C9H5ClF2N2O2. The van der Waals surface area contributed by atoms with Crippen LogP contribution in [-0.2, 0) is 0 Å². The van der Waals surface area contributed by atoms with E-state index in [4.69, 9.17) is 16.7 Å². The predicted molar refractivity (Wildman–Crippen MR) is 53.0 cm³/mol. The number of hydrogen-bond acceptors (Lipinski definition) is 2. The number of fused-ring (bicyclic) bond motifs is 1. The largest absolute Gasteiger partial charge is 0.478 e. The predicted octanol–water partition coefficient (Wildman–Crippen LogP) is 2.78. The lowest BCUT2D eigenvalue weighted by atomic mass is 10.2. The summed E-state index contributed by atoms with van der Waals surface area (Å²) >= 11 is 5.64. The van der Waals surface area contributed by atoms with E-state index in [0.717, 1.165) is 6.07 Å². The number of aromatic carboxylic acids is 1. The van der Waals surface area contributed by atoms with Gasteiger partial charge in [0.2, 0.25) is 0 Å². The number of carboxylic acids is 1. The van der Waals surface area contributed by atoms with Gasteiger partial charge in [-0.3, -0.25) is 0 Å². The van der Waals surface area contributed by atoms with Crippen LogP contribution in [0.1, 0.15) is 16.9 Å². The molecule has 1 aromatic heterocycles. The van der Waals surface area contributed by atoms with E-state index < -0.39 is 12.5 Å². The van der Waals surface area contributed by atoms with E-state index in [2.05, 4.69) is 5.10 Å². The summed E-state index contributed by atoms with van der Waals surface area (Å²) in [5.74, 6) is -1.19. The zero-order valence-corrected chi connectivity index (χ0v) is 8.45. The second-order valence-electron chi connectivity index (χ2n) is 3.05. The molecule has 0 saturated carbocycles. The summed E-state index contributed by atoms with van der Waals surface area (Å²) < 4.78 is 25.5. The SMILES string of the molecule is O=C(O)c1ccc2c(Cl)nn(C(F)F)c2c1. The second-order valence-corrected chi connectivity index (χ2v) is 3.41. The van der Waals surface area contributed by atoms with Gasteiger partial charge in [0.1, 0.15) is 0 Å². The Kier molecular flexibility index (Phi) is 2.51. The molecule has 0 radical (unpaired) electrons. The Morgan fingerprint density at radius 1 is 1.50 bits per heavy atom. The first-order valence-corrected chi connectivity index (χ1v) is 4.57. The summed E-state index contributed by atoms with van der Waals surface area (Å²) in [5, 5.41) is 12.4. The average Bonchev–Trinajstić information content (AvgIpc) is 2.56. The van der Waals surface area contributed by atoms with E-state index in [1.54, 1.807) is 0 Å². The minimum atomic E-state index is -2.86. The van der Waals surface area contributed by atoms with Crippen LogP contribution in [0.3, 0.4) is 0 Å². The van der Waals surface area contributed by atoms with Gasteiger partial charge in [0.25, 0.3) is 0 Å². The highest BCUT2D eigenvalue weighted by molar-refractivity contribution is 6.34. The Morgan fingerprint density at radius 2 is 2.19 bits per heavy atom. The molecule has 0 bridgehead atoms. The zero-order chi connectivity index (χ0) is 11.9. The van der Waals surface area contributed by atoms with Gasteiger partial charge < -0.3 is 5.11 Å². The average molecular weight is 247 g/mol. The minimum Gasteiger partial charge on any atom is -0.478 e. The first-order valence-electron chi connectivity index (χ1n) is 4.20. The molecule has 16 heavy (non-hydrogen) atoms. The summed E-state index contributed by atoms with van der Waals surface area (Å²) in [6.07, 6.45) is 0. The van der Waals surface area contributed by atoms with Gasteiger partial charge in [-0.25, -0.2) is 9.48 Å². The Balaban J connectivity index is 2.74. The first kappa shape index (κ1) is 10.8. The Bertz CT molecular complexity index is 568. The lowest BCUT2D eigenvalue weighted by Crippen LogP contribution is -2.01. The Morgan fingerprint density at radius 3 is 2.75 bits per heavy atom. The summed E-state index contributed by atoms with van der Waals surface area (Å²) in [7, 11) is 0. The molecular weight excluding hydrogens is 242 g/mol. The standard InChI is InChI=1S/C9H5ClF2N2O2/c10-7-5-2-1-4(8(15)16)3-6(5)14(13-7)9(11)12/h1-3,9H,(H,15,16). The van der Waals surface area contributed by atoms with Crippen molar-refractivity contribution in [1.82, 2.24) is 9.78 Å². The molecule has 0 saturated heterocycles. The fourth-order valence-electron chi connectivity index (χ4n) is 1.38. The van der Waals surface area contributed by atoms with Crippen molar-refractivity contribution in [3.05, 3.63) is 28.9 Å². The highest BCUT2D eigenvalue weighted by Crippen LogP contribution is 2.27. The summed E-state index contributed by atoms with van der Waals surface area (Å²) in [4.78, 5) is 10.7. The van der Waals surface area contributed by atoms with Crippen molar-refractivity contribution in [2.45, 2.75) is 6.55 Å². The fraction of sp³-hybridized carbons (Fsp3) is 0.111. The van der Waals surface area contributed by atoms with Crippen molar-refractivity contribution in [3.63, 3.8) is 0 Å². The molecule has 0 spiro atoms. The number of benzene rings is 1. The lowest BCUT2D eigenvalue weighted by molar-refractivity contribution is 0.0612. The maximum absolute atomic E-state index is 12.5. The van der Waals surface area contributed by atoms with Crippen LogP contribution in [0.25, 0.3) is 10.9 Å². The number of carbonyl (C=O) groups is 1. The van der Waals surface area contributed by atoms with Gasteiger partial charge in [0, 0.05) is 5.39 Å². The molecule has 2 rings (SSSR count). The number of nitrogens with zero attached hydrogens (tertiary/aromatic N) is 2. The van der Waals surface area contributed by atoms with Crippen LogP contribution in [-0.4, -0.2) is 20.9 Å². The van der Waals surface area contributed by atoms with E-state index in [-0.39, 0.29) is 16.2 Å². The van der Waals surface area contributed by atoms with E-state index in [9.17, 15) is 13.6 Å². The number of rotatable bonds is 2.